The van der Waals surface area contributed by atoms with Gasteiger partial charge in [-0.05, 0) is 25.0 Å². The van der Waals surface area contributed by atoms with Gasteiger partial charge in [0.25, 0.3) is 5.89 Å². The van der Waals surface area contributed by atoms with Gasteiger partial charge in [-0.2, -0.15) is 4.98 Å². The van der Waals surface area contributed by atoms with E-state index in [0.29, 0.717) is 11.7 Å². The molecule has 6 nitrogen and oxygen atoms in total. The quantitative estimate of drug-likeness (QED) is 0.786. The zero-order valence-electron chi connectivity index (χ0n) is 11.4. The summed E-state index contributed by atoms with van der Waals surface area (Å²) in [7, 11) is 0. The van der Waals surface area contributed by atoms with E-state index in [1.165, 1.54) is 0 Å². The lowest BCUT2D eigenvalue weighted by molar-refractivity contribution is 0.372. The van der Waals surface area contributed by atoms with Gasteiger partial charge in [0.05, 0.1) is 11.1 Å². The van der Waals surface area contributed by atoms with Crippen LogP contribution in [-0.2, 0) is 5.54 Å². The second-order valence-corrected chi connectivity index (χ2v) is 5.40. The molecular formula is C14H16ClN5O. The summed E-state index contributed by atoms with van der Waals surface area (Å²) in [4.78, 5) is 8.70. The van der Waals surface area contributed by atoms with Crippen LogP contribution in [0, 0.1) is 0 Å². The molecule has 1 aliphatic carbocycles. The molecule has 1 saturated carbocycles. The van der Waals surface area contributed by atoms with Crippen LogP contribution in [0.2, 0.25) is 0 Å². The first-order valence-corrected chi connectivity index (χ1v) is 6.81. The summed E-state index contributed by atoms with van der Waals surface area (Å²) in [6.07, 6.45) is 9.67. The van der Waals surface area contributed by atoms with Gasteiger partial charge in [-0.15, -0.1) is 12.4 Å². The number of halogens is 1. The van der Waals surface area contributed by atoms with Crippen LogP contribution >= 0.6 is 12.4 Å². The van der Waals surface area contributed by atoms with Crippen LogP contribution in [0.15, 0.2) is 35.2 Å². The zero-order chi connectivity index (χ0) is 13.6. The summed E-state index contributed by atoms with van der Waals surface area (Å²) in [6.45, 7) is 0. The number of nitrogens with zero attached hydrogens (tertiary/aromatic N) is 4. The van der Waals surface area contributed by atoms with Crippen molar-refractivity contribution < 1.29 is 4.52 Å². The highest BCUT2D eigenvalue weighted by Crippen LogP contribution is 2.35. The summed E-state index contributed by atoms with van der Waals surface area (Å²) in [6, 6.07) is 3.85. The first-order chi connectivity index (χ1) is 9.74. The van der Waals surface area contributed by atoms with Gasteiger partial charge in [0.15, 0.2) is 5.82 Å². The van der Waals surface area contributed by atoms with Crippen LogP contribution in [0.4, 0.5) is 0 Å². The van der Waals surface area contributed by atoms with Crippen LogP contribution in [0.5, 0.6) is 0 Å². The predicted molar refractivity (Wildman–Crippen MR) is 80.1 cm³/mol. The molecule has 4 rings (SSSR count). The molecule has 0 spiro atoms. The molecule has 110 valence electrons. The minimum atomic E-state index is -0.416. The standard InChI is InChI=1S/C14H15N5O.ClH/c15-14(5-1-2-6-14)13-17-12(20-18-13)10-3-4-11-16-7-8-19(11)9-10;/h3-4,7-9H,1-2,5-6,15H2;1H. The van der Waals surface area contributed by atoms with Crippen LogP contribution in [0.25, 0.3) is 17.1 Å². The topological polar surface area (TPSA) is 82.2 Å². The fourth-order valence-electron chi connectivity index (χ4n) is 2.82. The van der Waals surface area contributed by atoms with E-state index in [1.54, 1.807) is 6.20 Å². The molecule has 1 aliphatic rings. The van der Waals surface area contributed by atoms with E-state index < -0.39 is 5.54 Å². The molecule has 0 bridgehead atoms. The summed E-state index contributed by atoms with van der Waals surface area (Å²) in [5.74, 6) is 1.13. The van der Waals surface area contributed by atoms with Crippen molar-refractivity contribution in [3.05, 3.63) is 36.5 Å². The van der Waals surface area contributed by atoms with Crippen molar-refractivity contribution in [2.75, 3.05) is 0 Å². The SMILES string of the molecule is Cl.NC1(c2noc(-c3ccc4nccn4c3)n2)CCCC1. The Balaban J connectivity index is 0.00000132. The fourth-order valence-corrected chi connectivity index (χ4v) is 2.82. The molecule has 0 saturated heterocycles. The van der Waals surface area contributed by atoms with Gasteiger partial charge in [-0.3, -0.25) is 0 Å². The first-order valence-electron chi connectivity index (χ1n) is 6.81. The van der Waals surface area contributed by atoms with Crippen molar-refractivity contribution in [2.24, 2.45) is 5.73 Å². The zero-order valence-corrected chi connectivity index (χ0v) is 12.2. The van der Waals surface area contributed by atoms with Gasteiger partial charge in [0.2, 0.25) is 0 Å². The highest BCUT2D eigenvalue weighted by molar-refractivity contribution is 5.85. The third-order valence-electron chi connectivity index (χ3n) is 4.00. The van der Waals surface area contributed by atoms with Crippen LogP contribution in [0.1, 0.15) is 31.5 Å². The van der Waals surface area contributed by atoms with Crippen molar-refractivity contribution in [3.63, 3.8) is 0 Å². The van der Waals surface area contributed by atoms with E-state index >= 15 is 0 Å². The van der Waals surface area contributed by atoms with Crippen molar-refractivity contribution in [3.8, 4) is 11.5 Å². The molecule has 2 N–H and O–H groups in total. The molecule has 0 aliphatic heterocycles. The summed E-state index contributed by atoms with van der Waals surface area (Å²) in [5.41, 5.74) is 7.69. The molecule has 0 atom stereocenters. The van der Waals surface area contributed by atoms with Crippen molar-refractivity contribution in [1.29, 1.82) is 0 Å². The minimum absolute atomic E-state index is 0. The number of fused-ring (bicyclic) bond motifs is 1. The maximum atomic E-state index is 6.35. The van der Waals surface area contributed by atoms with Gasteiger partial charge in [-0.25, -0.2) is 4.98 Å². The van der Waals surface area contributed by atoms with Gasteiger partial charge >= 0.3 is 0 Å². The molecule has 0 aromatic carbocycles. The number of aromatic nitrogens is 4. The molecule has 0 unspecified atom stereocenters. The number of rotatable bonds is 2. The van der Waals surface area contributed by atoms with Gasteiger partial charge < -0.3 is 14.7 Å². The Morgan fingerprint density at radius 2 is 2.05 bits per heavy atom. The number of pyridine rings is 1. The Bertz CT molecular complexity index is 759. The number of hydrogen-bond acceptors (Lipinski definition) is 5. The second-order valence-electron chi connectivity index (χ2n) is 5.40. The van der Waals surface area contributed by atoms with Crippen molar-refractivity contribution in [1.82, 2.24) is 19.5 Å². The number of imidazole rings is 1. The molecule has 1 fully saturated rings. The van der Waals surface area contributed by atoms with Gasteiger partial charge in [-0.1, -0.05) is 18.0 Å². The lowest BCUT2D eigenvalue weighted by Crippen LogP contribution is -2.34. The highest BCUT2D eigenvalue weighted by atomic mass is 35.5. The number of nitrogens with two attached hydrogens (primary N) is 1. The first kappa shape index (κ1) is 14.0. The molecule has 21 heavy (non-hydrogen) atoms. The lowest BCUT2D eigenvalue weighted by atomic mass is 9.99. The van der Waals surface area contributed by atoms with Crippen LogP contribution in [-0.4, -0.2) is 19.5 Å². The summed E-state index contributed by atoms with van der Waals surface area (Å²) in [5, 5.41) is 4.08. The summed E-state index contributed by atoms with van der Waals surface area (Å²) >= 11 is 0. The van der Waals surface area contributed by atoms with Crippen molar-refractivity contribution in [2.45, 2.75) is 31.2 Å². The Labute approximate surface area is 127 Å². The number of hydrogen-bond donors (Lipinski definition) is 1. The molecule has 3 aromatic heterocycles. The average molecular weight is 306 g/mol. The van der Waals surface area contributed by atoms with E-state index in [9.17, 15) is 0 Å². The lowest BCUT2D eigenvalue weighted by Gasteiger charge is -2.17. The third-order valence-corrected chi connectivity index (χ3v) is 4.00. The summed E-state index contributed by atoms with van der Waals surface area (Å²) < 4.78 is 7.30. The van der Waals surface area contributed by atoms with E-state index in [4.69, 9.17) is 10.3 Å². The van der Waals surface area contributed by atoms with E-state index in [0.717, 1.165) is 36.9 Å². The Kier molecular flexibility index (Phi) is 3.43. The normalized spacial score (nSPS) is 17.0. The highest BCUT2D eigenvalue weighted by Gasteiger charge is 2.36. The van der Waals surface area contributed by atoms with E-state index in [1.807, 2.05) is 28.9 Å². The van der Waals surface area contributed by atoms with Crippen molar-refractivity contribution >= 4 is 18.1 Å². The Morgan fingerprint density at radius 3 is 2.86 bits per heavy atom. The monoisotopic (exact) mass is 305 g/mol. The minimum Gasteiger partial charge on any atom is -0.334 e. The maximum absolute atomic E-state index is 6.35. The third kappa shape index (κ3) is 2.30. The Morgan fingerprint density at radius 1 is 1.24 bits per heavy atom. The molecular weight excluding hydrogens is 290 g/mol. The smallest absolute Gasteiger partial charge is 0.259 e. The van der Waals surface area contributed by atoms with Gasteiger partial charge in [0, 0.05) is 18.6 Å². The van der Waals surface area contributed by atoms with Crippen LogP contribution < -0.4 is 5.73 Å². The fraction of sp³-hybridized carbons (Fsp3) is 0.357. The molecule has 3 heterocycles. The molecule has 0 radical (unpaired) electrons. The average Bonchev–Trinajstić information content (AvgIpc) is 3.18. The molecule has 7 heteroatoms. The van der Waals surface area contributed by atoms with Crippen LogP contribution in [0.3, 0.4) is 0 Å². The predicted octanol–water partition coefficient (Wildman–Crippen LogP) is 2.53. The van der Waals surface area contributed by atoms with E-state index in [-0.39, 0.29) is 12.4 Å². The molecule has 0 amide bonds. The largest absolute Gasteiger partial charge is 0.334 e. The van der Waals surface area contributed by atoms with Gasteiger partial charge in [0.1, 0.15) is 5.65 Å². The molecule has 3 aromatic rings. The maximum Gasteiger partial charge on any atom is 0.259 e. The van der Waals surface area contributed by atoms with E-state index in [2.05, 4.69) is 15.1 Å². The Hall–Kier alpha value is -1.92. The second kappa shape index (κ2) is 5.13.